The highest BCUT2D eigenvalue weighted by molar-refractivity contribution is 6.32. The summed E-state index contributed by atoms with van der Waals surface area (Å²) in [7, 11) is 0. The van der Waals surface area contributed by atoms with Crippen LogP contribution in [0, 0.1) is 21.8 Å². The van der Waals surface area contributed by atoms with Gasteiger partial charge in [-0.05, 0) is 18.8 Å². The first-order valence-electron chi connectivity index (χ1n) is 4.84. The van der Waals surface area contributed by atoms with Gasteiger partial charge in [0.25, 0.3) is 0 Å². The molecule has 1 aliphatic carbocycles. The van der Waals surface area contributed by atoms with Crippen LogP contribution >= 0.6 is 11.6 Å². The summed E-state index contributed by atoms with van der Waals surface area (Å²) in [6.07, 6.45) is 2.21. The maximum Gasteiger partial charge on any atom is 0.306 e. The molecule has 1 aromatic rings. The first-order chi connectivity index (χ1) is 7.58. The van der Waals surface area contributed by atoms with Crippen molar-refractivity contribution in [3.63, 3.8) is 0 Å². The average molecular weight is 246 g/mol. The molecule has 0 atom stereocenters. The number of benzene rings is 1. The Bertz CT molecular complexity index is 434. The van der Waals surface area contributed by atoms with Crippen LogP contribution in [-0.2, 0) is 0 Å². The number of nitro benzene ring substituents is 1. The maximum atomic E-state index is 13.2. The van der Waals surface area contributed by atoms with Gasteiger partial charge in [-0.1, -0.05) is 11.6 Å². The van der Waals surface area contributed by atoms with Gasteiger partial charge in [0.1, 0.15) is 5.75 Å². The van der Waals surface area contributed by atoms with E-state index in [4.69, 9.17) is 16.3 Å². The van der Waals surface area contributed by atoms with Crippen molar-refractivity contribution < 1.29 is 14.1 Å². The molecule has 1 saturated carbocycles. The molecule has 6 heteroatoms. The molecule has 0 saturated heterocycles. The summed E-state index contributed by atoms with van der Waals surface area (Å²) in [4.78, 5) is 9.61. The highest BCUT2D eigenvalue weighted by Gasteiger charge is 2.23. The molecule has 2 rings (SSSR count). The number of halogens is 2. The van der Waals surface area contributed by atoms with E-state index in [0.717, 1.165) is 25.0 Å². The van der Waals surface area contributed by atoms with E-state index in [1.165, 1.54) is 0 Å². The van der Waals surface area contributed by atoms with Gasteiger partial charge in [0.05, 0.1) is 16.6 Å². The number of ether oxygens (including phenoxy) is 1. The van der Waals surface area contributed by atoms with Crippen LogP contribution in [0.1, 0.15) is 12.8 Å². The fourth-order valence-corrected chi connectivity index (χ4v) is 1.47. The molecule has 4 nitrogen and oxygen atoms in total. The molecule has 0 unspecified atom stereocenters. The van der Waals surface area contributed by atoms with Crippen molar-refractivity contribution in [2.75, 3.05) is 6.61 Å². The Morgan fingerprint density at radius 3 is 2.81 bits per heavy atom. The minimum atomic E-state index is -0.930. The molecule has 0 spiro atoms. The molecule has 0 heterocycles. The zero-order valence-electron chi connectivity index (χ0n) is 8.28. The lowest BCUT2D eigenvalue weighted by molar-refractivity contribution is -0.387. The summed E-state index contributed by atoms with van der Waals surface area (Å²) < 4.78 is 18.5. The molecule has 0 amide bonds. The van der Waals surface area contributed by atoms with Gasteiger partial charge in [-0.3, -0.25) is 10.1 Å². The van der Waals surface area contributed by atoms with Crippen molar-refractivity contribution in [2.24, 2.45) is 5.92 Å². The predicted octanol–water partition coefficient (Wildman–Crippen LogP) is 3.18. The summed E-state index contributed by atoms with van der Waals surface area (Å²) >= 11 is 5.75. The minimum absolute atomic E-state index is 0.0637. The van der Waals surface area contributed by atoms with E-state index in [0.29, 0.717) is 12.5 Å². The Morgan fingerprint density at radius 2 is 2.25 bits per heavy atom. The van der Waals surface area contributed by atoms with E-state index in [2.05, 4.69) is 0 Å². The van der Waals surface area contributed by atoms with Gasteiger partial charge < -0.3 is 4.74 Å². The monoisotopic (exact) mass is 245 g/mol. The summed E-state index contributed by atoms with van der Waals surface area (Å²) in [6, 6.07) is 1.93. The Kier molecular flexibility index (Phi) is 2.96. The van der Waals surface area contributed by atoms with Crippen LogP contribution in [0.2, 0.25) is 5.02 Å². The second-order valence-corrected chi connectivity index (χ2v) is 4.15. The molecule has 0 N–H and O–H groups in total. The van der Waals surface area contributed by atoms with Crippen LogP contribution in [0.5, 0.6) is 5.75 Å². The van der Waals surface area contributed by atoms with Crippen molar-refractivity contribution in [2.45, 2.75) is 12.8 Å². The molecule has 16 heavy (non-hydrogen) atoms. The summed E-state index contributed by atoms with van der Waals surface area (Å²) in [6.45, 7) is 0.483. The quantitative estimate of drug-likeness (QED) is 0.605. The number of rotatable bonds is 4. The summed E-state index contributed by atoms with van der Waals surface area (Å²) in [5.41, 5.74) is -0.635. The first-order valence-corrected chi connectivity index (χ1v) is 5.22. The Balaban J connectivity index is 2.18. The highest BCUT2D eigenvalue weighted by atomic mass is 35.5. The number of hydrogen-bond donors (Lipinski definition) is 0. The normalized spacial score (nSPS) is 14.9. The van der Waals surface area contributed by atoms with Crippen molar-refractivity contribution in [3.8, 4) is 5.75 Å². The molecular formula is C10H9ClFNO3. The Morgan fingerprint density at radius 1 is 1.56 bits per heavy atom. The van der Waals surface area contributed by atoms with E-state index >= 15 is 0 Å². The lowest BCUT2D eigenvalue weighted by Gasteiger charge is -2.07. The molecule has 1 fully saturated rings. The van der Waals surface area contributed by atoms with Gasteiger partial charge in [0.15, 0.2) is 0 Å². The molecular weight excluding hydrogens is 237 g/mol. The molecule has 1 aliphatic rings. The van der Waals surface area contributed by atoms with E-state index < -0.39 is 16.4 Å². The fourth-order valence-electron chi connectivity index (χ4n) is 1.26. The van der Waals surface area contributed by atoms with E-state index in [9.17, 15) is 14.5 Å². The van der Waals surface area contributed by atoms with E-state index in [1.54, 1.807) is 0 Å². The maximum absolute atomic E-state index is 13.2. The zero-order valence-corrected chi connectivity index (χ0v) is 9.04. The smallest absolute Gasteiger partial charge is 0.306 e. The van der Waals surface area contributed by atoms with Crippen molar-refractivity contribution in [1.29, 1.82) is 0 Å². The van der Waals surface area contributed by atoms with Gasteiger partial charge in [-0.2, -0.15) is 4.39 Å². The van der Waals surface area contributed by atoms with E-state index in [-0.39, 0.29) is 10.8 Å². The van der Waals surface area contributed by atoms with Crippen LogP contribution in [0.4, 0.5) is 10.1 Å². The minimum Gasteiger partial charge on any atom is -0.492 e. The van der Waals surface area contributed by atoms with Crippen molar-refractivity contribution >= 4 is 17.3 Å². The van der Waals surface area contributed by atoms with Crippen LogP contribution < -0.4 is 4.74 Å². The Labute approximate surface area is 96.1 Å². The third kappa shape index (κ3) is 2.41. The van der Waals surface area contributed by atoms with Gasteiger partial charge in [-0.25, -0.2) is 0 Å². The third-order valence-electron chi connectivity index (χ3n) is 2.37. The standard InChI is InChI=1S/C10H9ClFNO3/c11-7-3-9(13(14)15)8(12)4-10(7)16-5-6-1-2-6/h3-4,6H,1-2,5H2. The molecule has 1 aromatic carbocycles. The van der Waals surface area contributed by atoms with Crippen LogP contribution in [0.25, 0.3) is 0 Å². The largest absolute Gasteiger partial charge is 0.492 e. The van der Waals surface area contributed by atoms with E-state index in [1.807, 2.05) is 0 Å². The molecule has 0 aromatic heterocycles. The molecule has 0 radical (unpaired) electrons. The van der Waals surface area contributed by atoms with Crippen LogP contribution in [-0.4, -0.2) is 11.5 Å². The highest BCUT2D eigenvalue weighted by Crippen LogP contribution is 2.34. The lowest BCUT2D eigenvalue weighted by Crippen LogP contribution is -2.01. The predicted molar refractivity (Wildman–Crippen MR) is 56.3 cm³/mol. The van der Waals surface area contributed by atoms with Crippen LogP contribution in [0.15, 0.2) is 12.1 Å². The second-order valence-electron chi connectivity index (χ2n) is 3.75. The number of nitrogens with zero attached hydrogens (tertiary/aromatic N) is 1. The lowest BCUT2D eigenvalue weighted by atomic mass is 10.3. The SMILES string of the molecule is O=[N+]([O-])c1cc(Cl)c(OCC2CC2)cc1F. The van der Waals surface area contributed by atoms with Crippen LogP contribution in [0.3, 0.4) is 0 Å². The summed E-state index contributed by atoms with van der Waals surface area (Å²) in [5, 5.41) is 10.5. The van der Waals surface area contributed by atoms with Gasteiger partial charge in [0, 0.05) is 12.1 Å². The molecule has 86 valence electrons. The summed E-state index contributed by atoms with van der Waals surface area (Å²) in [5.74, 6) is -0.258. The second kappa shape index (κ2) is 4.25. The van der Waals surface area contributed by atoms with Crippen molar-refractivity contribution in [1.82, 2.24) is 0 Å². The fraction of sp³-hybridized carbons (Fsp3) is 0.400. The van der Waals surface area contributed by atoms with Gasteiger partial charge in [-0.15, -0.1) is 0 Å². The molecule has 0 bridgehead atoms. The first kappa shape index (κ1) is 11.1. The zero-order chi connectivity index (χ0) is 11.7. The number of nitro groups is 1. The third-order valence-corrected chi connectivity index (χ3v) is 2.66. The van der Waals surface area contributed by atoms with Gasteiger partial charge >= 0.3 is 5.69 Å². The Hall–Kier alpha value is -1.36. The number of hydrogen-bond acceptors (Lipinski definition) is 3. The average Bonchev–Trinajstić information content (AvgIpc) is 3.02. The molecule has 0 aliphatic heterocycles. The topological polar surface area (TPSA) is 52.4 Å². The van der Waals surface area contributed by atoms with Gasteiger partial charge in [0.2, 0.25) is 5.82 Å². The van der Waals surface area contributed by atoms with Crippen molar-refractivity contribution in [3.05, 3.63) is 33.1 Å².